The van der Waals surface area contributed by atoms with E-state index in [1.807, 2.05) is 26.0 Å². The first-order chi connectivity index (χ1) is 20.2. The second kappa shape index (κ2) is 10.6. The number of aryl methyl sites for hydroxylation is 2. The van der Waals surface area contributed by atoms with E-state index in [2.05, 4.69) is 27.0 Å². The molecular formula is C32H41F2N7O. The van der Waals surface area contributed by atoms with Crippen molar-refractivity contribution in [2.24, 2.45) is 0 Å². The van der Waals surface area contributed by atoms with E-state index < -0.39 is 12.0 Å². The van der Waals surface area contributed by atoms with Gasteiger partial charge in [-0.25, -0.2) is 13.8 Å². The smallest absolute Gasteiger partial charge is 0.319 e. The molecule has 8 nitrogen and oxygen atoms in total. The molecule has 42 heavy (non-hydrogen) atoms. The van der Waals surface area contributed by atoms with E-state index in [4.69, 9.17) is 20.4 Å². The molecule has 6 heterocycles. The van der Waals surface area contributed by atoms with Gasteiger partial charge in [-0.05, 0) is 81.3 Å². The summed E-state index contributed by atoms with van der Waals surface area (Å²) in [5.41, 5.74) is 9.84. The summed E-state index contributed by atoms with van der Waals surface area (Å²) in [4.78, 5) is 18.7. The number of nitrogens with one attached hydrogen (secondary N) is 1. The molecule has 0 radical (unpaired) electrons. The van der Waals surface area contributed by atoms with Crippen LogP contribution in [0.1, 0.15) is 62.1 Å². The molecule has 0 amide bonds. The minimum Gasteiger partial charge on any atom is -0.461 e. The Hall–Kier alpha value is -3.11. The lowest BCUT2D eigenvalue weighted by atomic mass is 9.93. The van der Waals surface area contributed by atoms with Crippen LogP contribution in [-0.2, 0) is 6.42 Å². The van der Waals surface area contributed by atoms with Crippen LogP contribution in [0, 0.1) is 19.7 Å². The zero-order chi connectivity index (χ0) is 29.2. The molecule has 2 bridgehead atoms. The van der Waals surface area contributed by atoms with Gasteiger partial charge in [0.25, 0.3) is 0 Å². The molecule has 4 aliphatic rings. The number of ether oxygens (including phenoxy) is 1. The molecule has 4 saturated heterocycles. The number of rotatable bonds is 7. The molecule has 224 valence electrons. The van der Waals surface area contributed by atoms with Crippen LogP contribution >= 0.6 is 0 Å². The van der Waals surface area contributed by atoms with Crippen molar-refractivity contribution in [3.8, 4) is 17.3 Å². The quantitative estimate of drug-likeness (QED) is 0.411. The Labute approximate surface area is 246 Å². The molecule has 4 atom stereocenters. The monoisotopic (exact) mass is 577 g/mol. The highest BCUT2D eigenvalue weighted by Gasteiger charge is 2.49. The molecule has 0 saturated carbocycles. The number of aromatic nitrogens is 3. The zero-order valence-electron chi connectivity index (χ0n) is 24.8. The fourth-order valence-corrected chi connectivity index (χ4v) is 8.03. The van der Waals surface area contributed by atoms with Gasteiger partial charge in [0.15, 0.2) is 5.82 Å². The van der Waals surface area contributed by atoms with Gasteiger partial charge in [-0.1, -0.05) is 13.3 Å². The Kier molecular flexibility index (Phi) is 6.96. The summed E-state index contributed by atoms with van der Waals surface area (Å²) < 4.78 is 37.6. The summed E-state index contributed by atoms with van der Waals surface area (Å²) in [6, 6.07) is 4.75. The van der Waals surface area contributed by atoms with E-state index in [0.717, 1.165) is 74.8 Å². The van der Waals surface area contributed by atoms with Crippen LogP contribution in [0.15, 0.2) is 12.1 Å². The number of hydrogen-bond acceptors (Lipinski definition) is 8. The molecule has 0 spiro atoms. The number of hydrogen-bond donors (Lipinski definition) is 2. The van der Waals surface area contributed by atoms with Gasteiger partial charge in [0, 0.05) is 49.1 Å². The van der Waals surface area contributed by atoms with Crippen LogP contribution in [0.2, 0.25) is 0 Å². The second-order valence-electron chi connectivity index (χ2n) is 13.0. The third-order valence-electron chi connectivity index (χ3n) is 9.94. The van der Waals surface area contributed by atoms with E-state index in [1.54, 1.807) is 0 Å². The number of alkyl halides is 1. The number of pyridine rings is 1. The molecule has 2 aromatic heterocycles. The second-order valence-corrected chi connectivity index (χ2v) is 13.0. The number of fused-ring (bicyclic) bond motifs is 4. The topological polar surface area (TPSA) is 92.4 Å². The van der Waals surface area contributed by atoms with Crippen molar-refractivity contribution in [2.75, 3.05) is 43.4 Å². The highest BCUT2D eigenvalue weighted by molar-refractivity contribution is 5.95. The molecule has 4 fully saturated rings. The van der Waals surface area contributed by atoms with Crippen LogP contribution in [0.25, 0.3) is 22.2 Å². The maximum atomic E-state index is 16.9. The Morgan fingerprint density at radius 3 is 2.64 bits per heavy atom. The molecule has 4 unspecified atom stereocenters. The third kappa shape index (κ3) is 4.67. The summed E-state index contributed by atoms with van der Waals surface area (Å²) in [6.45, 7) is 9.23. The first-order valence-corrected chi connectivity index (χ1v) is 15.5. The predicted molar refractivity (Wildman–Crippen MR) is 161 cm³/mol. The lowest BCUT2D eigenvalue weighted by Crippen LogP contribution is -2.51. The molecule has 3 N–H and O–H groups in total. The van der Waals surface area contributed by atoms with Gasteiger partial charge >= 0.3 is 6.01 Å². The minimum absolute atomic E-state index is 0.145. The van der Waals surface area contributed by atoms with Crippen molar-refractivity contribution in [1.82, 2.24) is 25.2 Å². The molecular weight excluding hydrogens is 536 g/mol. The SMILES string of the molecule is CCCc1c(C)cc(N)nc1-c1c(C)cc2c(N3CC4CCC(C3)N4)nc(OCC34CCCN3CC(F)C4)nc2c1F. The number of anilines is 2. The van der Waals surface area contributed by atoms with Crippen LogP contribution in [0.5, 0.6) is 6.01 Å². The van der Waals surface area contributed by atoms with E-state index in [-0.39, 0.29) is 17.1 Å². The van der Waals surface area contributed by atoms with Crippen molar-refractivity contribution < 1.29 is 13.5 Å². The number of nitrogen functional groups attached to an aromatic ring is 1. The summed E-state index contributed by atoms with van der Waals surface area (Å²) in [6.07, 6.45) is 5.42. The predicted octanol–water partition coefficient (Wildman–Crippen LogP) is 4.88. The van der Waals surface area contributed by atoms with Crippen molar-refractivity contribution in [3.63, 3.8) is 0 Å². The largest absolute Gasteiger partial charge is 0.461 e. The summed E-state index contributed by atoms with van der Waals surface area (Å²) in [5.74, 6) is 0.632. The normalized spacial score (nSPS) is 27.3. The summed E-state index contributed by atoms with van der Waals surface area (Å²) in [5, 5.41) is 4.35. The minimum atomic E-state index is -0.854. The van der Waals surface area contributed by atoms with Crippen LogP contribution < -0.4 is 20.7 Å². The van der Waals surface area contributed by atoms with Crippen molar-refractivity contribution in [1.29, 1.82) is 0 Å². The van der Waals surface area contributed by atoms with Crippen molar-refractivity contribution >= 4 is 22.5 Å². The fraction of sp³-hybridized carbons (Fsp3) is 0.594. The van der Waals surface area contributed by atoms with Crippen molar-refractivity contribution in [3.05, 3.63) is 34.6 Å². The van der Waals surface area contributed by atoms with Crippen LogP contribution in [0.3, 0.4) is 0 Å². The maximum absolute atomic E-state index is 16.9. The Bertz CT molecular complexity index is 1520. The van der Waals surface area contributed by atoms with Crippen LogP contribution in [-0.4, -0.2) is 76.4 Å². The molecule has 0 aliphatic carbocycles. The van der Waals surface area contributed by atoms with E-state index in [0.29, 0.717) is 59.9 Å². The van der Waals surface area contributed by atoms with Gasteiger partial charge in [-0.15, -0.1) is 0 Å². The first kappa shape index (κ1) is 27.7. The molecule has 4 aliphatic heterocycles. The third-order valence-corrected chi connectivity index (χ3v) is 9.94. The Morgan fingerprint density at radius 1 is 1.10 bits per heavy atom. The first-order valence-electron chi connectivity index (χ1n) is 15.5. The summed E-state index contributed by atoms with van der Waals surface area (Å²) in [7, 11) is 0. The maximum Gasteiger partial charge on any atom is 0.319 e. The number of halogens is 2. The molecule has 1 aromatic carbocycles. The number of piperazine rings is 1. The number of benzene rings is 1. The summed E-state index contributed by atoms with van der Waals surface area (Å²) >= 11 is 0. The van der Waals surface area contributed by atoms with Crippen LogP contribution in [0.4, 0.5) is 20.4 Å². The van der Waals surface area contributed by atoms with Gasteiger partial charge in [-0.2, -0.15) is 9.97 Å². The average Bonchev–Trinajstić information content (AvgIpc) is 3.59. The van der Waals surface area contributed by atoms with Gasteiger partial charge in [0.05, 0.1) is 11.2 Å². The molecule has 10 heteroatoms. The van der Waals surface area contributed by atoms with Gasteiger partial charge in [-0.3, -0.25) is 4.90 Å². The van der Waals surface area contributed by atoms with E-state index in [9.17, 15) is 4.39 Å². The average molecular weight is 578 g/mol. The Balaban J connectivity index is 1.36. The zero-order valence-corrected chi connectivity index (χ0v) is 24.8. The number of nitrogens with zero attached hydrogens (tertiary/aromatic N) is 5. The van der Waals surface area contributed by atoms with Gasteiger partial charge < -0.3 is 20.7 Å². The van der Waals surface area contributed by atoms with Crippen molar-refractivity contribution in [2.45, 2.75) is 89.5 Å². The Morgan fingerprint density at radius 2 is 1.88 bits per heavy atom. The van der Waals surface area contributed by atoms with Gasteiger partial charge in [0.2, 0.25) is 0 Å². The molecule has 7 rings (SSSR count). The van der Waals surface area contributed by atoms with E-state index in [1.165, 1.54) is 0 Å². The van der Waals surface area contributed by atoms with Gasteiger partial charge in [0.1, 0.15) is 29.9 Å². The lowest BCUT2D eigenvalue weighted by Gasteiger charge is -2.35. The van der Waals surface area contributed by atoms with E-state index >= 15 is 4.39 Å². The fourth-order valence-electron chi connectivity index (χ4n) is 8.03. The molecule has 3 aromatic rings. The highest BCUT2D eigenvalue weighted by atomic mass is 19.1. The number of nitrogens with two attached hydrogens (primary N) is 1. The highest BCUT2D eigenvalue weighted by Crippen LogP contribution is 2.42. The standard InChI is InChI=1S/C32H41F2N7O/c1-4-6-23-18(2)12-25(35)37-28(23)26-19(3)11-24-29(27(26)34)38-31(39-30(24)40-15-21-7-8-22(16-40)36-21)42-17-32-9-5-10-41(32)14-20(33)13-32/h11-12,20-22,36H,4-10,13-17H2,1-3H3,(H2,35,37). The lowest BCUT2D eigenvalue weighted by molar-refractivity contribution is 0.107.